The molecule has 0 atom stereocenters. The van der Waals surface area contributed by atoms with Gasteiger partial charge in [-0.1, -0.05) is 83.1 Å². The van der Waals surface area contributed by atoms with Crippen LogP contribution in [0.3, 0.4) is 0 Å². The van der Waals surface area contributed by atoms with Crippen molar-refractivity contribution in [2.75, 3.05) is 72.0 Å². The van der Waals surface area contributed by atoms with Gasteiger partial charge in [0.15, 0.2) is 0 Å². The summed E-state index contributed by atoms with van der Waals surface area (Å²) in [5.74, 6) is 0. The Morgan fingerprint density at radius 2 is 0.779 bits per heavy atom. The Morgan fingerprint density at radius 1 is 0.382 bits per heavy atom. The van der Waals surface area contributed by atoms with Gasteiger partial charge in [0.05, 0.1) is 0 Å². The van der Waals surface area contributed by atoms with E-state index in [1.807, 2.05) is 0 Å². The van der Waals surface area contributed by atoms with Crippen LogP contribution in [0.5, 0.6) is 0 Å². The first-order chi connectivity index (χ1) is 33.2. The van der Waals surface area contributed by atoms with E-state index in [4.69, 9.17) is 0 Å². The molecule has 368 valence electrons. The third-order valence-electron chi connectivity index (χ3n) is 13.5. The number of aryl methyl sites for hydroxylation is 3. The van der Waals surface area contributed by atoms with E-state index >= 15 is 0 Å². The second-order valence-electron chi connectivity index (χ2n) is 18.8. The second kappa shape index (κ2) is 27.8. The summed E-state index contributed by atoms with van der Waals surface area (Å²) in [4.78, 5) is 10.3. The van der Waals surface area contributed by atoms with E-state index in [1.165, 1.54) is 67.8 Å². The lowest BCUT2D eigenvalue weighted by Crippen LogP contribution is -2.27. The van der Waals surface area contributed by atoms with Crippen molar-refractivity contribution >= 4 is 56.9 Å². The van der Waals surface area contributed by atoms with Crippen molar-refractivity contribution in [2.45, 2.75) is 160 Å². The molecule has 4 aromatic rings. The van der Waals surface area contributed by atoms with E-state index in [2.05, 4.69) is 209 Å². The molecule has 0 spiro atoms. The summed E-state index contributed by atoms with van der Waals surface area (Å²) in [6.45, 7) is 36.2. The summed E-state index contributed by atoms with van der Waals surface area (Å²) in [6, 6.07) is 31.2. The minimum atomic E-state index is 0.983. The maximum absolute atomic E-state index is 2.60. The number of rotatable bonds is 28. The molecule has 0 aromatic heterocycles. The van der Waals surface area contributed by atoms with Gasteiger partial charge in [0.1, 0.15) is 13.1 Å². The SMILES string of the molecule is CCCN(CCC)c1ccc(N(c2ccc([N+](=C3C=CC(=[N+](CCC)CCC)C(CC)=C3)c3ccc(N(CCC)CCC)c(CC)c3)cc2)c2ccc(N(CCC)CCC)c(CC)c2)cc1CC. The standard InChI is InChI=1S/C62H92N6/c1-13-37-63(38-14-2)59-33-29-55(45-49(59)21-9)67(56-30-34-60(50(22-10)46-56)64(39-15-3)40-16-4)53-25-27-54(28-26-53)68(57-31-35-61(51(23-11)47-57)65(41-17-5)42-18-6)58-32-36-62(52(24-12)48-58)66(43-19-7)44-20-8/h25-36,45-48H,13-24,37-44H2,1-12H3/q+2. The van der Waals surface area contributed by atoms with Gasteiger partial charge in [-0.3, -0.25) is 0 Å². The zero-order chi connectivity index (χ0) is 49.0. The molecule has 4 aromatic carbocycles. The van der Waals surface area contributed by atoms with Gasteiger partial charge in [-0.2, -0.15) is 4.58 Å². The fourth-order valence-electron chi connectivity index (χ4n) is 10.4. The molecule has 0 fully saturated rings. The molecule has 0 amide bonds. The Bertz CT molecular complexity index is 2220. The third kappa shape index (κ3) is 13.2. The van der Waals surface area contributed by atoms with Crippen LogP contribution in [0.1, 0.15) is 158 Å². The highest BCUT2D eigenvalue weighted by Gasteiger charge is 2.27. The van der Waals surface area contributed by atoms with Gasteiger partial charge in [-0.05, 0) is 135 Å². The van der Waals surface area contributed by atoms with Crippen molar-refractivity contribution in [3.63, 3.8) is 0 Å². The first-order valence-electron chi connectivity index (χ1n) is 27.4. The Hall–Kier alpha value is -5.10. The van der Waals surface area contributed by atoms with Crippen LogP contribution >= 0.6 is 0 Å². The molecule has 1 aliphatic rings. The van der Waals surface area contributed by atoms with Crippen molar-refractivity contribution in [1.82, 2.24) is 4.58 Å². The van der Waals surface area contributed by atoms with Gasteiger partial charge < -0.3 is 19.6 Å². The van der Waals surface area contributed by atoms with Crippen molar-refractivity contribution in [2.24, 2.45) is 0 Å². The summed E-state index contributed by atoms with van der Waals surface area (Å²) in [5, 5.41) is 0. The first-order valence-corrected chi connectivity index (χ1v) is 27.4. The molecule has 0 bridgehead atoms. The van der Waals surface area contributed by atoms with Gasteiger partial charge in [-0.15, -0.1) is 0 Å². The maximum Gasteiger partial charge on any atom is 0.212 e. The van der Waals surface area contributed by atoms with Crippen molar-refractivity contribution in [1.29, 1.82) is 0 Å². The Balaban J connectivity index is 1.76. The normalized spacial score (nSPS) is 13.2. The molecule has 6 heteroatoms. The molecular formula is C62H92N6+2. The van der Waals surface area contributed by atoms with Crippen LogP contribution in [-0.4, -0.2) is 68.4 Å². The van der Waals surface area contributed by atoms with Gasteiger partial charge in [-0.25, -0.2) is 4.58 Å². The molecule has 6 nitrogen and oxygen atoms in total. The van der Waals surface area contributed by atoms with Crippen LogP contribution in [0.4, 0.5) is 45.5 Å². The van der Waals surface area contributed by atoms with Crippen LogP contribution in [0.25, 0.3) is 0 Å². The van der Waals surface area contributed by atoms with Gasteiger partial charge in [0.2, 0.25) is 22.8 Å². The summed E-state index contributed by atoms with van der Waals surface area (Å²) in [6.07, 6.45) is 20.3. The second-order valence-corrected chi connectivity index (χ2v) is 18.8. The predicted octanol–water partition coefficient (Wildman–Crippen LogP) is 16.2. The number of allylic oxidation sites excluding steroid dienone is 4. The fourth-order valence-corrected chi connectivity index (χ4v) is 10.4. The summed E-state index contributed by atoms with van der Waals surface area (Å²) in [7, 11) is 0. The Morgan fingerprint density at radius 3 is 1.18 bits per heavy atom. The monoisotopic (exact) mass is 921 g/mol. The average molecular weight is 921 g/mol. The number of nitrogens with zero attached hydrogens (tertiary/aromatic N) is 6. The van der Waals surface area contributed by atoms with Crippen LogP contribution in [0.15, 0.2) is 103 Å². The van der Waals surface area contributed by atoms with Crippen molar-refractivity contribution < 1.29 is 4.58 Å². The van der Waals surface area contributed by atoms with Crippen molar-refractivity contribution in [3.05, 3.63) is 119 Å². The van der Waals surface area contributed by atoms with E-state index in [-0.39, 0.29) is 0 Å². The highest BCUT2D eigenvalue weighted by Crippen LogP contribution is 2.41. The molecule has 0 saturated carbocycles. The fraction of sp³-hybridized carbons (Fsp3) is 0.516. The van der Waals surface area contributed by atoms with Crippen LogP contribution in [0.2, 0.25) is 0 Å². The molecule has 5 rings (SSSR count). The quantitative estimate of drug-likeness (QED) is 0.0417. The van der Waals surface area contributed by atoms with Crippen molar-refractivity contribution in [3.8, 4) is 0 Å². The number of anilines is 6. The predicted molar refractivity (Wildman–Crippen MR) is 304 cm³/mol. The number of benzene rings is 4. The third-order valence-corrected chi connectivity index (χ3v) is 13.5. The molecule has 0 saturated heterocycles. The summed E-state index contributed by atoms with van der Waals surface area (Å²) >= 11 is 0. The van der Waals surface area contributed by atoms with E-state index in [1.54, 1.807) is 0 Å². The van der Waals surface area contributed by atoms with E-state index in [9.17, 15) is 0 Å². The topological polar surface area (TPSA) is 19.0 Å². The molecule has 0 radical (unpaired) electrons. The lowest BCUT2D eigenvalue weighted by atomic mass is 9.98. The smallest absolute Gasteiger partial charge is 0.212 e. The highest BCUT2D eigenvalue weighted by atomic mass is 15.2. The largest absolute Gasteiger partial charge is 0.371 e. The number of hydrogen-bond acceptors (Lipinski definition) is 4. The molecule has 68 heavy (non-hydrogen) atoms. The first kappa shape index (κ1) is 53.8. The summed E-state index contributed by atoms with van der Waals surface area (Å²) in [5.41, 5.74) is 18.3. The van der Waals surface area contributed by atoms with E-state index < -0.39 is 0 Å². The summed E-state index contributed by atoms with van der Waals surface area (Å²) < 4.78 is 5.10. The van der Waals surface area contributed by atoms with Crippen LogP contribution in [0, 0.1) is 0 Å². The average Bonchev–Trinajstić information content (AvgIpc) is 3.36. The van der Waals surface area contributed by atoms with Gasteiger partial charge in [0, 0.05) is 134 Å². The lowest BCUT2D eigenvalue weighted by molar-refractivity contribution is -0.526. The Labute approximate surface area is 415 Å². The minimum absolute atomic E-state index is 0.983. The lowest BCUT2D eigenvalue weighted by Gasteiger charge is -2.31. The van der Waals surface area contributed by atoms with Crippen LogP contribution < -0.4 is 24.2 Å². The molecule has 1 aliphatic carbocycles. The maximum atomic E-state index is 2.60. The van der Waals surface area contributed by atoms with E-state index in [0.717, 1.165) is 141 Å². The van der Waals surface area contributed by atoms with Gasteiger partial charge in [0.25, 0.3) is 0 Å². The molecule has 0 unspecified atom stereocenters. The molecular weight excluding hydrogens is 829 g/mol. The highest BCUT2D eigenvalue weighted by molar-refractivity contribution is 6.20. The zero-order valence-electron chi connectivity index (χ0n) is 45.1. The molecule has 0 N–H and O–H groups in total. The Kier molecular flexibility index (Phi) is 22.0. The van der Waals surface area contributed by atoms with Crippen LogP contribution in [-0.2, 0) is 19.3 Å². The molecule has 0 heterocycles. The molecule has 0 aliphatic heterocycles. The minimum Gasteiger partial charge on any atom is -0.371 e. The number of hydrogen-bond donors (Lipinski definition) is 0. The zero-order valence-corrected chi connectivity index (χ0v) is 45.1. The van der Waals surface area contributed by atoms with Gasteiger partial charge >= 0.3 is 0 Å². The van der Waals surface area contributed by atoms with E-state index in [0.29, 0.717) is 0 Å².